The van der Waals surface area contributed by atoms with Crippen molar-refractivity contribution in [1.82, 2.24) is 0 Å². The van der Waals surface area contributed by atoms with Crippen LogP contribution in [-0.4, -0.2) is 24.1 Å². The predicted molar refractivity (Wildman–Crippen MR) is 87.0 cm³/mol. The molecule has 2 aromatic carbocycles. The third kappa shape index (κ3) is 4.78. The summed E-state index contributed by atoms with van der Waals surface area (Å²) in [6.45, 7) is 2.74. The summed E-state index contributed by atoms with van der Waals surface area (Å²) >= 11 is 0. The maximum atomic E-state index is 11.9. The molecule has 0 spiro atoms. The monoisotopic (exact) mass is 311 g/mol. The predicted octanol–water partition coefficient (Wildman–Crippen LogP) is 3.11. The summed E-state index contributed by atoms with van der Waals surface area (Å²) in [7, 11) is 0. The Morgan fingerprint density at radius 1 is 0.913 bits per heavy atom. The van der Waals surface area contributed by atoms with Crippen LogP contribution in [0, 0.1) is 0 Å². The van der Waals surface area contributed by atoms with Crippen molar-refractivity contribution in [3.63, 3.8) is 0 Å². The molecule has 0 aliphatic rings. The van der Waals surface area contributed by atoms with Crippen molar-refractivity contribution in [3.05, 3.63) is 59.7 Å². The molecule has 0 saturated heterocycles. The average molecular weight is 311 g/mol. The first kappa shape index (κ1) is 16.4. The van der Waals surface area contributed by atoms with Gasteiger partial charge in [-0.3, -0.25) is 14.4 Å². The normalized spacial score (nSPS) is 10.0. The third-order valence-corrected chi connectivity index (χ3v) is 3.16. The largest absolute Gasteiger partial charge is 0.484 e. The fourth-order valence-electron chi connectivity index (χ4n) is 1.97. The molecule has 5 heteroatoms. The van der Waals surface area contributed by atoms with Crippen molar-refractivity contribution in [2.45, 2.75) is 13.8 Å². The lowest BCUT2D eigenvalue weighted by Gasteiger charge is -2.09. The van der Waals surface area contributed by atoms with Crippen molar-refractivity contribution in [1.29, 1.82) is 0 Å². The lowest BCUT2D eigenvalue weighted by Crippen LogP contribution is -2.20. The molecule has 23 heavy (non-hydrogen) atoms. The Morgan fingerprint density at radius 3 is 2.17 bits per heavy atom. The molecular weight excluding hydrogens is 294 g/mol. The van der Waals surface area contributed by atoms with Gasteiger partial charge in [-0.1, -0.05) is 24.3 Å². The number of carbonyl (C=O) groups excluding carboxylic acids is 3. The zero-order valence-electron chi connectivity index (χ0n) is 13.0. The number of ketones is 2. The fraction of sp³-hybridized carbons (Fsp3) is 0.167. The van der Waals surface area contributed by atoms with Gasteiger partial charge in [-0.2, -0.15) is 0 Å². The van der Waals surface area contributed by atoms with Crippen molar-refractivity contribution in [3.8, 4) is 5.75 Å². The number of rotatable bonds is 6. The van der Waals surface area contributed by atoms with Gasteiger partial charge in [0.25, 0.3) is 5.91 Å². The van der Waals surface area contributed by atoms with Gasteiger partial charge in [0.2, 0.25) is 0 Å². The maximum absolute atomic E-state index is 11.9. The van der Waals surface area contributed by atoms with Crippen LogP contribution in [0.4, 0.5) is 5.69 Å². The number of nitrogens with one attached hydrogen (secondary N) is 1. The number of ether oxygens (including phenoxy) is 1. The van der Waals surface area contributed by atoms with Crippen molar-refractivity contribution < 1.29 is 19.1 Å². The van der Waals surface area contributed by atoms with E-state index in [0.29, 0.717) is 22.6 Å². The zero-order valence-corrected chi connectivity index (χ0v) is 13.0. The first-order chi connectivity index (χ1) is 11.0. The van der Waals surface area contributed by atoms with Crippen molar-refractivity contribution in [2.24, 2.45) is 0 Å². The number of amides is 1. The van der Waals surface area contributed by atoms with Crippen molar-refractivity contribution in [2.75, 3.05) is 11.9 Å². The van der Waals surface area contributed by atoms with Crippen LogP contribution in [0.2, 0.25) is 0 Å². The molecule has 0 radical (unpaired) electrons. The van der Waals surface area contributed by atoms with E-state index in [0.717, 1.165) is 0 Å². The Hall–Kier alpha value is -2.95. The first-order valence-corrected chi connectivity index (χ1v) is 7.10. The van der Waals surface area contributed by atoms with Gasteiger partial charge in [0.1, 0.15) is 5.75 Å². The number of hydrogen-bond donors (Lipinski definition) is 1. The molecule has 0 saturated carbocycles. The molecule has 0 bridgehead atoms. The van der Waals surface area contributed by atoms with E-state index < -0.39 is 0 Å². The molecule has 0 heterocycles. The Morgan fingerprint density at radius 2 is 1.52 bits per heavy atom. The molecule has 0 fully saturated rings. The molecule has 5 nitrogen and oxygen atoms in total. The summed E-state index contributed by atoms with van der Waals surface area (Å²) in [6, 6.07) is 13.3. The number of hydrogen-bond acceptors (Lipinski definition) is 4. The highest BCUT2D eigenvalue weighted by Crippen LogP contribution is 2.14. The minimum atomic E-state index is -0.348. The van der Waals surface area contributed by atoms with E-state index in [1.54, 1.807) is 48.5 Å². The summed E-state index contributed by atoms with van der Waals surface area (Å²) in [4.78, 5) is 34.5. The van der Waals surface area contributed by atoms with Crippen LogP contribution in [0.5, 0.6) is 5.75 Å². The topological polar surface area (TPSA) is 72.5 Å². The third-order valence-electron chi connectivity index (χ3n) is 3.16. The lowest BCUT2D eigenvalue weighted by atomic mass is 10.1. The van der Waals surface area contributed by atoms with Crippen LogP contribution < -0.4 is 10.1 Å². The number of benzene rings is 2. The Labute approximate surface area is 134 Å². The molecule has 0 aliphatic heterocycles. The fourth-order valence-corrected chi connectivity index (χ4v) is 1.97. The molecule has 2 aromatic rings. The molecule has 0 atom stereocenters. The Bertz CT molecular complexity index is 752. The second-order valence-electron chi connectivity index (χ2n) is 5.06. The summed E-state index contributed by atoms with van der Waals surface area (Å²) in [5.74, 6) is -0.0383. The lowest BCUT2D eigenvalue weighted by molar-refractivity contribution is -0.118. The van der Waals surface area contributed by atoms with E-state index in [1.807, 2.05) is 0 Å². The van der Waals surface area contributed by atoms with Crippen LogP contribution >= 0.6 is 0 Å². The first-order valence-electron chi connectivity index (χ1n) is 7.10. The highest BCUT2D eigenvalue weighted by molar-refractivity contribution is 5.97. The van der Waals surface area contributed by atoms with Gasteiger partial charge < -0.3 is 10.1 Å². The zero-order chi connectivity index (χ0) is 16.8. The van der Waals surface area contributed by atoms with E-state index in [2.05, 4.69) is 5.32 Å². The minimum absolute atomic E-state index is 0.0686. The van der Waals surface area contributed by atoms with E-state index in [4.69, 9.17) is 4.74 Å². The van der Waals surface area contributed by atoms with Crippen molar-refractivity contribution >= 4 is 23.2 Å². The molecule has 0 aromatic heterocycles. The minimum Gasteiger partial charge on any atom is -0.484 e. The highest BCUT2D eigenvalue weighted by atomic mass is 16.5. The van der Waals surface area contributed by atoms with Gasteiger partial charge in [-0.15, -0.1) is 0 Å². The van der Waals surface area contributed by atoms with Gasteiger partial charge in [0.05, 0.1) is 0 Å². The van der Waals surface area contributed by atoms with Crippen LogP contribution in [-0.2, 0) is 4.79 Å². The van der Waals surface area contributed by atoms with Gasteiger partial charge in [-0.05, 0) is 38.1 Å². The van der Waals surface area contributed by atoms with Gasteiger partial charge >= 0.3 is 0 Å². The SMILES string of the molecule is CC(=O)c1cccc(NC(=O)COc2cccc(C(C)=O)c2)c1. The number of carbonyl (C=O) groups is 3. The molecule has 1 N–H and O–H groups in total. The summed E-state index contributed by atoms with van der Waals surface area (Å²) < 4.78 is 5.38. The van der Waals surface area contributed by atoms with E-state index in [1.165, 1.54) is 13.8 Å². The molecule has 0 unspecified atom stereocenters. The van der Waals surface area contributed by atoms with Crippen LogP contribution in [0.15, 0.2) is 48.5 Å². The quantitative estimate of drug-likeness (QED) is 0.832. The van der Waals surface area contributed by atoms with E-state index in [-0.39, 0.29) is 24.1 Å². The van der Waals surface area contributed by atoms with E-state index >= 15 is 0 Å². The van der Waals surface area contributed by atoms with Crippen LogP contribution in [0.25, 0.3) is 0 Å². The summed E-state index contributed by atoms with van der Waals surface area (Å²) in [5.41, 5.74) is 1.58. The van der Waals surface area contributed by atoms with Gasteiger partial charge in [0, 0.05) is 16.8 Å². The Kier molecular flexibility index (Phi) is 5.25. The maximum Gasteiger partial charge on any atom is 0.262 e. The van der Waals surface area contributed by atoms with Gasteiger partial charge in [0.15, 0.2) is 18.2 Å². The molecule has 2 rings (SSSR count). The second kappa shape index (κ2) is 7.35. The summed E-state index contributed by atoms with van der Waals surface area (Å²) in [5, 5.41) is 2.66. The number of Topliss-reactive ketones (excluding diaryl/α,β-unsaturated/α-hetero) is 2. The smallest absolute Gasteiger partial charge is 0.262 e. The standard InChI is InChI=1S/C18H17NO4/c1-12(20)14-5-3-7-16(9-14)19-18(22)11-23-17-8-4-6-15(10-17)13(2)21/h3-10H,11H2,1-2H3,(H,19,22). The molecule has 1 amide bonds. The van der Waals surface area contributed by atoms with Gasteiger partial charge in [-0.25, -0.2) is 0 Å². The second-order valence-corrected chi connectivity index (χ2v) is 5.06. The van der Waals surface area contributed by atoms with Crippen LogP contribution in [0.3, 0.4) is 0 Å². The average Bonchev–Trinajstić information content (AvgIpc) is 2.53. The Balaban J connectivity index is 1.95. The molecule has 118 valence electrons. The molecule has 0 aliphatic carbocycles. The molecular formula is C18H17NO4. The van der Waals surface area contributed by atoms with E-state index in [9.17, 15) is 14.4 Å². The highest BCUT2D eigenvalue weighted by Gasteiger charge is 2.07. The summed E-state index contributed by atoms with van der Waals surface area (Å²) in [6.07, 6.45) is 0. The van der Waals surface area contributed by atoms with Crippen LogP contribution in [0.1, 0.15) is 34.6 Å². The number of anilines is 1.